The van der Waals surface area contributed by atoms with E-state index in [9.17, 15) is 9.50 Å². The molecule has 0 aromatic heterocycles. The fraction of sp³-hybridized carbons (Fsp3) is 0.625. The maximum atomic E-state index is 12.9. The van der Waals surface area contributed by atoms with Crippen LogP contribution in [-0.4, -0.2) is 5.11 Å². The lowest BCUT2D eigenvalue weighted by Crippen LogP contribution is -2.37. The molecule has 0 bridgehead atoms. The number of hydrogen-bond acceptors (Lipinski definition) is 1. The number of benzene rings is 1. The van der Waals surface area contributed by atoms with Crippen molar-refractivity contribution in [2.24, 2.45) is 17.3 Å². The predicted octanol–water partition coefficient (Wildman–Crippen LogP) is 4.32. The van der Waals surface area contributed by atoms with Gasteiger partial charge >= 0.3 is 0 Å². The van der Waals surface area contributed by atoms with E-state index in [1.54, 1.807) is 12.1 Å². The molecule has 0 unspecified atom stereocenters. The molecular weight excluding hydrogens is 227 g/mol. The quantitative estimate of drug-likeness (QED) is 0.828. The molecule has 1 saturated carbocycles. The molecule has 1 aliphatic carbocycles. The Bertz CT molecular complexity index is 396. The Morgan fingerprint density at radius 3 is 2.44 bits per heavy atom. The van der Waals surface area contributed by atoms with Gasteiger partial charge < -0.3 is 5.11 Å². The van der Waals surface area contributed by atoms with Gasteiger partial charge in [0.05, 0.1) is 6.10 Å². The average molecular weight is 250 g/mol. The van der Waals surface area contributed by atoms with E-state index in [1.165, 1.54) is 25.0 Å². The molecule has 0 spiro atoms. The Labute approximate surface area is 109 Å². The van der Waals surface area contributed by atoms with Gasteiger partial charge in [0.2, 0.25) is 0 Å². The van der Waals surface area contributed by atoms with Crippen LogP contribution in [-0.2, 0) is 0 Å². The Balaban J connectivity index is 2.25. The lowest BCUT2D eigenvalue weighted by Gasteiger charge is -2.45. The molecule has 0 radical (unpaired) electrons. The molecule has 1 aromatic carbocycles. The Morgan fingerprint density at radius 2 is 1.89 bits per heavy atom. The third-order valence-electron chi connectivity index (χ3n) is 4.55. The van der Waals surface area contributed by atoms with E-state index < -0.39 is 6.10 Å². The van der Waals surface area contributed by atoms with Gasteiger partial charge in [0.1, 0.15) is 5.82 Å². The second-order valence-electron chi connectivity index (χ2n) is 6.38. The van der Waals surface area contributed by atoms with E-state index in [0.717, 1.165) is 12.0 Å². The summed E-state index contributed by atoms with van der Waals surface area (Å²) in [4.78, 5) is 0. The first-order chi connectivity index (χ1) is 8.42. The third kappa shape index (κ3) is 2.59. The highest BCUT2D eigenvalue weighted by atomic mass is 19.1. The van der Waals surface area contributed by atoms with Crippen molar-refractivity contribution in [2.45, 2.75) is 46.1 Å². The van der Waals surface area contributed by atoms with E-state index in [1.807, 2.05) is 0 Å². The number of rotatable bonds is 2. The first kappa shape index (κ1) is 13.5. The summed E-state index contributed by atoms with van der Waals surface area (Å²) >= 11 is 0. The Hall–Kier alpha value is -0.890. The molecule has 1 aliphatic rings. The summed E-state index contributed by atoms with van der Waals surface area (Å²) in [7, 11) is 0. The molecule has 1 aromatic rings. The summed E-state index contributed by atoms with van der Waals surface area (Å²) in [5.41, 5.74) is 0.981. The topological polar surface area (TPSA) is 20.2 Å². The van der Waals surface area contributed by atoms with Crippen LogP contribution in [0.3, 0.4) is 0 Å². The predicted molar refractivity (Wildman–Crippen MR) is 71.6 cm³/mol. The monoisotopic (exact) mass is 250 g/mol. The molecule has 0 aliphatic heterocycles. The van der Waals surface area contributed by atoms with Crippen molar-refractivity contribution < 1.29 is 9.50 Å². The van der Waals surface area contributed by atoms with Crippen molar-refractivity contribution in [3.8, 4) is 0 Å². The Morgan fingerprint density at radius 1 is 1.28 bits per heavy atom. The lowest BCUT2D eigenvalue weighted by atomic mass is 9.61. The number of hydrogen-bond donors (Lipinski definition) is 1. The van der Waals surface area contributed by atoms with Gasteiger partial charge in [0, 0.05) is 0 Å². The molecule has 2 heteroatoms. The zero-order chi connectivity index (χ0) is 13.3. The summed E-state index contributed by atoms with van der Waals surface area (Å²) < 4.78 is 12.9. The van der Waals surface area contributed by atoms with Gasteiger partial charge in [-0.2, -0.15) is 0 Å². The van der Waals surface area contributed by atoms with Crippen molar-refractivity contribution in [3.63, 3.8) is 0 Å². The van der Waals surface area contributed by atoms with Crippen LogP contribution >= 0.6 is 0 Å². The average Bonchev–Trinajstić information content (AvgIpc) is 2.28. The zero-order valence-corrected chi connectivity index (χ0v) is 11.5. The zero-order valence-electron chi connectivity index (χ0n) is 11.5. The summed E-state index contributed by atoms with van der Waals surface area (Å²) in [5.74, 6) is 0.507. The highest BCUT2D eigenvalue weighted by molar-refractivity contribution is 5.20. The standard InChI is InChI=1S/C16H23FO/c1-11-5-4-10-16(2,3)14(11)15(18)12-6-8-13(17)9-7-12/h6-9,11,14-15,18H,4-5,10H2,1-3H3/t11-,14-,15-/m0/s1. The molecule has 100 valence electrons. The van der Waals surface area contributed by atoms with Crippen molar-refractivity contribution >= 4 is 0 Å². The van der Waals surface area contributed by atoms with E-state index in [2.05, 4.69) is 20.8 Å². The summed E-state index contributed by atoms with van der Waals surface area (Å²) in [6.45, 7) is 6.69. The second kappa shape index (κ2) is 5.00. The van der Waals surface area contributed by atoms with Gasteiger partial charge in [0.25, 0.3) is 0 Å². The van der Waals surface area contributed by atoms with Crippen molar-refractivity contribution in [1.29, 1.82) is 0 Å². The van der Waals surface area contributed by atoms with Crippen LogP contribution in [0.25, 0.3) is 0 Å². The van der Waals surface area contributed by atoms with E-state index >= 15 is 0 Å². The fourth-order valence-electron chi connectivity index (χ4n) is 3.60. The largest absolute Gasteiger partial charge is 0.388 e. The van der Waals surface area contributed by atoms with Crippen LogP contribution in [0.4, 0.5) is 4.39 Å². The van der Waals surface area contributed by atoms with Crippen molar-refractivity contribution in [2.75, 3.05) is 0 Å². The molecular formula is C16H23FO. The minimum Gasteiger partial charge on any atom is -0.388 e. The number of aliphatic hydroxyl groups is 1. The van der Waals surface area contributed by atoms with Crippen LogP contribution in [0.15, 0.2) is 24.3 Å². The van der Waals surface area contributed by atoms with Gasteiger partial charge in [-0.25, -0.2) is 4.39 Å². The third-order valence-corrected chi connectivity index (χ3v) is 4.55. The van der Waals surface area contributed by atoms with Crippen LogP contribution < -0.4 is 0 Å². The second-order valence-corrected chi connectivity index (χ2v) is 6.38. The normalized spacial score (nSPS) is 28.9. The molecule has 3 atom stereocenters. The molecule has 1 fully saturated rings. The molecule has 1 nitrogen and oxygen atoms in total. The van der Waals surface area contributed by atoms with Gasteiger partial charge in [-0.1, -0.05) is 45.7 Å². The maximum Gasteiger partial charge on any atom is 0.123 e. The van der Waals surface area contributed by atoms with Gasteiger partial charge in [-0.3, -0.25) is 0 Å². The smallest absolute Gasteiger partial charge is 0.123 e. The summed E-state index contributed by atoms with van der Waals surface area (Å²) in [5, 5.41) is 10.6. The number of aliphatic hydroxyl groups excluding tert-OH is 1. The first-order valence-electron chi connectivity index (χ1n) is 6.85. The first-order valence-corrected chi connectivity index (χ1v) is 6.85. The molecule has 2 rings (SSSR count). The molecule has 0 saturated heterocycles. The van der Waals surface area contributed by atoms with E-state index in [-0.39, 0.29) is 17.2 Å². The highest BCUT2D eigenvalue weighted by Crippen LogP contribution is 2.49. The molecule has 18 heavy (non-hydrogen) atoms. The number of halogens is 1. The van der Waals surface area contributed by atoms with Crippen molar-refractivity contribution in [1.82, 2.24) is 0 Å². The van der Waals surface area contributed by atoms with Crippen molar-refractivity contribution in [3.05, 3.63) is 35.6 Å². The lowest BCUT2D eigenvalue weighted by molar-refractivity contribution is -0.0293. The van der Waals surface area contributed by atoms with Gasteiger partial charge in [-0.15, -0.1) is 0 Å². The maximum absolute atomic E-state index is 12.9. The van der Waals surface area contributed by atoms with Crippen LogP contribution in [0.5, 0.6) is 0 Å². The molecule has 1 N–H and O–H groups in total. The minimum atomic E-state index is -0.490. The van der Waals surface area contributed by atoms with Crippen LogP contribution in [0, 0.1) is 23.1 Å². The summed E-state index contributed by atoms with van der Waals surface area (Å²) in [6.07, 6.45) is 3.07. The van der Waals surface area contributed by atoms with Crippen LogP contribution in [0.2, 0.25) is 0 Å². The van der Waals surface area contributed by atoms with Crippen LogP contribution in [0.1, 0.15) is 51.7 Å². The highest BCUT2D eigenvalue weighted by Gasteiger charge is 2.41. The fourth-order valence-corrected chi connectivity index (χ4v) is 3.60. The molecule has 0 amide bonds. The van der Waals surface area contributed by atoms with Gasteiger partial charge in [0.15, 0.2) is 0 Å². The van der Waals surface area contributed by atoms with E-state index in [4.69, 9.17) is 0 Å². The summed E-state index contributed by atoms with van der Waals surface area (Å²) in [6, 6.07) is 6.27. The Kier molecular flexibility index (Phi) is 3.76. The SMILES string of the molecule is C[C@H]1CCCC(C)(C)[C@@H]1[C@@H](O)c1ccc(F)cc1. The van der Waals surface area contributed by atoms with Gasteiger partial charge in [-0.05, 0) is 41.4 Å². The molecule has 0 heterocycles. The minimum absolute atomic E-state index is 0.144. The van der Waals surface area contributed by atoms with E-state index in [0.29, 0.717) is 5.92 Å².